The summed E-state index contributed by atoms with van der Waals surface area (Å²) in [7, 11) is 3.10. The minimum absolute atomic E-state index is 0.208. The number of carbonyl (C=O) groups excluding carboxylic acids is 1. The number of nitrogens with zero attached hydrogens (tertiary/aromatic N) is 2. The van der Waals surface area contributed by atoms with Gasteiger partial charge in [0.25, 0.3) is 0 Å². The van der Waals surface area contributed by atoms with Crippen molar-refractivity contribution >= 4 is 41.0 Å². The molecule has 0 radical (unpaired) electrons. The highest BCUT2D eigenvalue weighted by atomic mass is 35.5. The first-order chi connectivity index (χ1) is 14.5. The van der Waals surface area contributed by atoms with Gasteiger partial charge in [0.15, 0.2) is 11.5 Å². The van der Waals surface area contributed by atoms with Gasteiger partial charge in [-0.1, -0.05) is 29.8 Å². The zero-order valence-corrected chi connectivity index (χ0v) is 17.8. The highest BCUT2D eigenvalue weighted by Gasteiger charge is 2.33. The second-order valence-electron chi connectivity index (χ2n) is 6.50. The van der Waals surface area contributed by atoms with E-state index < -0.39 is 5.82 Å². The predicted molar refractivity (Wildman–Crippen MR) is 117 cm³/mol. The average molecular weight is 445 g/mol. The van der Waals surface area contributed by atoms with E-state index in [1.165, 1.54) is 24.1 Å². The van der Waals surface area contributed by atoms with E-state index in [1.54, 1.807) is 47.7 Å². The number of hydrogen-bond donors (Lipinski definition) is 0. The first-order valence-electron chi connectivity index (χ1n) is 9.06. The molecule has 0 saturated carbocycles. The number of para-hydroxylation sites is 1. The standard InChI is InChI=1S/C22H18ClFN2O3S/c1-28-19-10-9-16(12-20(19)29-2)26-22(27)25(18-5-3-4-6-21(18)30-26)13-14-7-8-15(24)11-17(14)23/h3-12H,13H2,1-2H3. The Hall–Kier alpha value is -2.90. The molecule has 0 N–H and O–H groups in total. The Morgan fingerprint density at radius 1 is 1.00 bits per heavy atom. The predicted octanol–water partition coefficient (Wildman–Crippen LogP) is 6.15. The van der Waals surface area contributed by atoms with Gasteiger partial charge in [-0.3, -0.25) is 4.90 Å². The van der Waals surface area contributed by atoms with Gasteiger partial charge in [0.05, 0.1) is 37.0 Å². The largest absolute Gasteiger partial charge is 0.493 e. The molecule has 154 valence electrons. The molecule has 3 aromatic rings. The summed E-state index contributed by atoms with van der Waals surface area (Å²) in [6, 6.07) is 16.8. The van der Waals surface area contributed by atoms with Crippen LogP contribution < -0.4 is 18.7 Å². The Kier molecular flexibility index (Phi) is 5.74. The Morgan fingerprint density at radius 3 is 2.50 bits per heavy atom. The molecule has 4 rings (SSSR count). The molecule has 8 heteroatoms. The number of benzene rings is 3. The van der Waals surface area contributed by atoms with Crippen LogP contribution in [-0.4, -0.2) is 20.3 Å². The first kappa shape index (κ1) is 20.4. The zero-order chi connectivity index (χ0) is 21.3. The summed E-state index contributed by atoms with van der Waals surface area (Å²) in [6.07, 6.45) is 0. The van der Waals surface area contributed by atoms with Crippen molar-refractivity contribution in [1.29, 1.82) is 0 Å². The van der Waals surface area contributed by atoms with Crippen LogP contribution in [0.4, 0.5) is 20.6 Å². The fraction of sp³-hybridized carbons (Fsp3) is 0.136. The summed E-state index contributed by atoms with van der Waals surface area (Å²) in [5.41, 5.74) is 2.07. The maximum absolute atomic E-state index is 13.5. The molecule has 2 amide bonds. The lowest BCUT2D eigenvalue weighted by Crippen LogP contribution is -2.42. The van der Waals surface area contributed by atoms with Crippen molar-refractivity contribution < 1.29 is 18.7 Å². The Morgan fingerprint density at radius 2 is 1.77 bits per heavy atom. The molecule has 0 bridgehead atoms. The van der Waals surface area contributed by atoms with Crippen LogP contribution in [0, 0.1) is 5.82 Å². The van der Waals surface area contributed by atoms with E-state index in [0.717, 1.165) is 10.6 Å². The lowest BCUT2D eigenvalue weighted by molar-refractivity contribution is 0.254. The van der Waals surface area contributed by atoms with Crippen LogP contribution in [-0.2, 0) is 6.54 Å². The van der Waals surface area contributed by atoms with Crippen LogP contribution >= 0.6 is 23.5 Å². The second-order valence-corrected chi connectivity index (χ2v) is 7.89. The van der Waals surface area contributed by atoms with Crippen molar-refractivity contribution in [2.75, 3.05) is 23.4 Å². The van der Waals surface area contributed by atoms with E-state index in [4.69, 9.17) is 21.1 Å². The highest BCUT2D eigenvalue weighted by Crippen LogP contribution is 2.44. The van der Waals surface area contributed by atoms with Crippen LogP contribution in [0.5, 0.6) is 11.5 Å². The summed E-state index contributed by atoms with van der Waals surface area (Å²) < 4.78 is 25.7. The quantitative estimate of drug-likeness (QED) is 0.442. The number of rotatable bonds is 5. The van der Waals surface area contributed by atoms with E-state index in [2.05, 4.69) is 0 Å². The number of methoxy groups -OCH3 is 2. The van der Waals surface area contributed by atoms with Crippen LogP contribution in [0.15, 0.2) is 65.6 Å². The number of urea groups is 1. The molecule has 1 heterocycles. The number of amides is 2. The van der Waals surface area contributed by atoms with Crippen LogP contribution in [0.2, 0.25) is 5.02 Å². The monoisotopic (exact) mass is 444 g/mol. The molecule has 3 aromatic carbocycles. The molecule has 1 aliphatic rings. The first-order valence-corrected chi connectivity index (χ1v) is 10.2. The smallest absolute Gasteiger partial charge is 0.339 e. The van der Waals surface area contributed by atoms with Crippen LogP contribution in [0.3, 0.4) is 0 Å². The molecule has 0 atom stereocenters. The minimum atomic E-state index is -0.420. The Balaban J connectivity index is 1.74. The SMILES string of the molecule is COc1ccc(N2Sc3ccccc3N(Cc3ccc(F)cc3Cl)C2=O)cc1OC. The summed E-state index contributed by atoms with van der Waals surface area (Å²) in [4.78, 5) is 16.0. The molecule has 0 fully saturated rings. The number of anilines is 2. The number of carbonyl (C=O) groups is 1. The number of fused-ring (bicyclic) bond motifs is 1. The third-order valence-corrected chi connectivity index (χ3v) is 6.14. The van der Waals surface area contributed by atoms with Gasteiger partial charge in [-0.15, -0.1) is 0 Å². The van der Waals surface area contributed by atoms with E-state index >= 15 is 0 Å². The maximum atomic E-state index is 13.5. The van der Waals surface area contributed by atoms with Crippen molar-refractivity contribution in [3.05, 3.63) is 77.1 Å². The Bertz CT molecular complexity index is 1110. The van der Waals surface area contributed by atoms with Crippen molar-refractivity contribution in [1.82, 2.24) is 0 Å². The number of hydrogen-bond acceptors (Lipinski definition) is 4. The highest BCUT2D eigenvalue weighted by molar-refractivity contribution is 8.01. The van der Waals surface area contributed by atoms with Gasteiger partial charge in [0.1, 0.15) is 5.82 Å². The summed E-state index contributed by atoms with van der Waals surface area (Å²) >= 11 is 7.55. The number of halogens is 2. The van der Waals surface area contributed by atoms with Crippen molar-refractivity contribution in [3.63, 3.8) is 0 Å². The third kappa shape index (κ3) is 3.78. The molecule has 0 spiro atoms. The zero-order valence-electron chi connectivity index (χ0n) is 16.3. The second kappa shape index (κ2) is 8.45. The summed E-state index contributed by atoms with van der Waals surface area (Å²) in [6.45, 7) is 0.208. The van der Waals surface area contributed by atoms with Gasteiger partial charge < -0.3 is 9.47 Å². The molecule has 30 heavy (non-hydrogen) atoms. The summed E-state index contributed by atoms with van der Waals surface area (Å²) in [5, 5.41) is 0.274. The lowest BCUT2D eigenvalue weighted by Gasteiger charge is -2.36. The third-order valence-electron chi connectivity index (χ3n) is 4.70. The van der Waals surface area contributed by atoms with Gasteiger partial charge in [0.2, 0.25) is 0 Å². The molecule has 0 unspecified atom stereocenters. The minimum Gasteiger partial charge on any atom is -0.493 e. The topological polar surface area (TPSA) is 42.0 Å². The van der Waals surface area contributed by atoms with Gasteiger partial charge >= 0.3 is 6.03 Å². The van der Waals surface area contributed by atoms with Gasteiger partial charge in [0, 0.05) is 11.1 Å². The molecule has 1 aliphatic heterocycles. The van der Waals surface area contributed by atoms with E-state index in [1.807, 2.05) is 24.3 Å². The molecule has 0 aromatic heterocycles. The van der Waals surface area contributed by atoms with Crippen LogP contribution in [0.1, 0.15) is 5.56 Å². The van der Waals surface area contributed by atoms with Crippen molar-refractivity contribution in [2.45, 2.75) is 11.4 Å². The lowest BCUT2D eigenvalue weighted by atomic mass is 10.2. The van der Waals surface area contributed by atoms with E-state index in [0.29, 0.717) is 22.7 Å². The fourth-order valence-corrected chi connectivity index (χ4v) is 4.43. The van der Waals surface area contributed by atoms with Gasteiger partial charge in [-0.05, 0) is 53.9 Å². The van der Waals surface area contributed by atoms with Crippen molar-refractivity contribution in [3.8, 4) is 11.5 Å². The molecular weight excluding hydrogens is 427 g/mol. The van der Waals surface area contributed by atoms with Gasteiger partial charge in [-0.2, -0.15) is 0 Å². The molecular formula is C22H18ClFN2O3S. The molecule has 0 saturated heterocycles. The number of ether oxygens (including phenoxy) is 2. The van der Waals surface area contributed by atoms with Crippen molar-refractivity contribution in [2.24, 2.45) is 0 Å². The fourth-order valence-electron chi connectivity index (χ4n) is 3.19. The van der Waals surface area contributed by atoms with E-state index in [9.17, 15) is 9.18 Å². The van der Waals surface area contributed by atoms with E-state index in [-0.39, 0.29) is 17.6 Å². The van der Waals surface area contributed by atoms with Crippen LogP contribution in [0.25, 0.3) is 0 Å². The average Bonchev–Trinajstić information content (AvgIpc) is 2.76. The summed E-state index contributed by atoms with van der Waals surface area (Å²) in [5.74, 6) is 0.679. The maximum Gasteiger partial charge on any atom is 0.339 e. The molecule has 0 aliphatic carbocycles. The normalized spacial score (nSPS) is 13.3. The molecule has 5 nitrogen and oxygen atoms in total. The Labute approximate surface area is 183 Å². The van der Waals surface area contributed by atoms with Gasteiger partial charge in [-0.25, -0.2) is 13.5 Å².